The number of benzene rings is 1. The number of oxazole rings is 1. The molecule has 1 aliphatic heterocycles. The first kappa shape index (κ1) is 20.3. The summed E-state index contributed by atoms with van der Waals surface area (Å²) in [5.74, 6) is 2.14. The van der Waals surface area contributed by atoms with Crippen LogP contribution in [0, 0.1) is 0 Å². The van der Waals surface area contributed by atoms with Crippen LogP contribution >= 0.6 is 0 Å². The summed E-state index contributed by atoms with van der Waals surface area (Å²) in [4.78, 5) is 21.5. The van der Waals surface area contributed by atoms with E-state index in [0.717, 1.165) is 36.7 Å². The minimum Gasteiger partial charge on any atom is -0.444 e. The molecule has 158 valence electrons. The molecule has 0 N–H and O–H groups in total. The van der Waals surface area contributed by atoms with Crippen molar-refractivity contribution in [2.24, 2.45) is 0 Å². The van der Waals surface area contributed by atoms with E-state index in [1.807, 2.05) is 41.4 Å². The molecule has 0 aliphatic carbocycles. The van der Waals surface area contributed by atoms with Crippen molar-refractivity contribution in [1.82, 2.24) is 19.9 Å². The molecule has 1 saturated heterocycles. The Hall–Kier alpha value is -2.93. The molecule has 1 aromatic carbocycles. The van der Waals surface area contributed by atoms with E-state index in [1.165, 1.54) is 0 Å². The van der Waals surface area contributed by atoms with Gasteiger partial charge in [-0.3, -0.25) is 9.69 Å². The van der Waals surface area contributed by atoms with Gasteiger partial charge in [-0.15, -0.1) is 0 Å². The Kier molecular flexibility index (Phi) is 5.72. The Morgan fingerprint density at radius 1 is 1.10 bits per heavy atom. The highest BCUT2D eigenvalue weighted by molar-refractivity contribution is 5.93. The lowest BCUT2D eigenvalue weighted by atomic mass is 9.94. The maximum absolute atomic E-state index is 12.9. The largest absolute Gasteiger partial charge is 0.444 e. The Labute approximate surface area is 176 Å². The van der Waals surface area contributed by atoms with Crippen molar-refractivity contribution in [3.05, 3.63) is 59.9 Å². The molecule has 0 radical (unpaired) electrons. The van der Waals surface area contributed by atoms with Crippen LogP contribution in [0.25, 0.3) is 11.3 Å². The van der Waals surface area contributed by atoms with E-state index in [-0.39, 0.29) is 11.3 Å². The Bertz CT molecular complexity index is 987. The molecule has 3 aromatic rings. The molecule has 1 amide bonds. The van der Waals surface area contributed by atoms with Gasteiger partial charge in [0.25, 0.3) is 5.91 Å². The Morgan fingerprint density at radius 3 is 2.63 bits per heavy atom. The number of aromatic nitrogens is 2. The van der Waals surface area contributed by atoms with Gasteiger partial charge in [0.1, 0.15) is 5.76 Å². The zero-order valence-electron chi connectivity index (χ0n) is 17.8. The lowest BCUT2D eigenvalue weighted by molar-refractivity contribution is 0.0750. The highest BCUT2D eigenvalue weighted by Crippen LogP contribution is 2.24. The van der Waals surface area contributed by atoms with Crippen LogP contribution in [-0.2, 0) is 12.0 Å². The fourth-order valence-corrected chi connectivity index (χ4v) is 3.53. The summed E-state index contributed by atoms with van der Waals surface area (Å²) in [6, 6.07) is 11.4. The van der Waals surface area contributed by atoms with Crippen LogP contribution in [0.3, 0.4) is 0 Å². The predicted molar refractivity (Wildman–Crippen MR) is 113 cm³/mol. The second-order valence-corrected chi connectivity index (χ2v) is 8.73. The van der Waals surface area contributed by atoms with Crippen molar-refractivity contribution in [2.75, 3.05) is 26.2 Å². The zero-order chi connectivity index (χ0) is 21.1. The number of carbonyl (C=O) groups excluding carboxylic acids is 1. The molecule has 1 fully saturated rings. The summed E-state index contributed by atoms with van der Waals surface area (Å²) in [7, 11) is 0. The third-order valence-electron chi connectivity index (χ3n) is 5.31. The summed E-state index contributed by atoms with van der Waals surface area (Å²) in [6.07, 6.45) is 2.71. The zero-order valence-corrected chi connectivity index (χ0v) is 17.8. The minimum absolute atomic E-state index is 0.0521. The third-order valence-corrected chi connectivity index (χ3v) is 5.31. The van der Waals surface area contributed by atoms with E-state index in [9.17, 15) is 4.79 Å². The third kappa shape index (κ3) is 4.62. The lowest BCUT2D eigenvalue weighted by Gasteiger charge is -2.20. The highest BCUT2D eigenvalue weighted by Gasteiger charge is 2.25. The predicted octanol–water partition coefficient (Wildman–Crippen LogP) is 3.98. The van der Waals surface area contributed by atoms with E-state index >= 15 is 0 Å². The number of carbonyl (C=O) groups is 1. The van der Waals surface area contributed by atoms with Gasteiger partial charge in [-0.25, -0.2) is 4.98 Å². The summed E-state index contributed by atoms with van der Waals surface area (Å²) in [5, 5.41) is 4.01. The minimum atomic E-state index is -0.0890. The van der Waals surface area contributed by atoms with Crippen LogP contribution in [0.5, 0.6) is 0 Å². The molecule has 0 atom stereocenters. The van der Waals surface area contributed by atoms with Gasteiger partial charge < -0.3 is 13.8 Å². The van der Waals surface area contributed by atoms with E-state index in [1.54, 1.807) is 6.07 Å². The number of hydrogen-bond donors (Lipinski definition) is 0. The standard InChI is InChI=1S/C23H28N4O3/c1-23(2,3)20-15-24-21(29-20)16-26-10-7-11-27(13-12-26)22(28)18-14-19(30-25-18)17-8-5-4-6-9-17/h4-6,8-9,14-15H,7,10-13,16H2,1-3H3. The molecule has 1 aliphatic rings. The van der Waals surface area contributed by atoms with Crippen LogP contribution in [0.1, 0.15) is 49.3 Å². The van der Waals surface area contributed by atoms with Gasteiger partial charge in [-0.2, -0.15) is 0 Å². The van der Waals surface area contributed by atoms with Crippen LogP contribution in [0.4, 0.5) is 0 Å². The second kappa shape index (κ2) is 8.44. The first-order valence-corrected chi connectivity index (χ1v) is 10.4. The molecular weight excluding hydrogens is 380 g/mol. The van der Waals surface area contributed by atoms with E-state index in [2.05, 4.69) is 35.8 Å². The fraction of sp³-hybridized carbons (Fsp3) is 0.435. The second-order valence-electron chi connectivity index (χ2n) is 8.73. The van der Waals surface area contributed by atoms with Gasteiger partial charge >= 0.3 is 0 Å². The molecule has 0 bridgehead atoms. The lowest BCUT2D eigenvalue weighted by Crippen LogP contribution is -2.35. The molecule has 0 unspecified atom stereocenters. The van der Waals surface area contributed by atoms with E-state index in [4.69, 9.17) is 8.94 Å². The van der Waals surface area contributed by atoms with Gasteiger partial charge in [0.2, 0.25) is 5.89 Å². The summed E-state index contributed by atoms with van der Waals surface area (Å²) in [6.45, 7) is 9.98. The maximum atomic E-state index is 12.9. The molecule has 7 nitrogen and oxygen atoms in total. The van der Waals surface area contributed by atoms with E-state index in [0.29, 0.717) is 31.1 Å². The molecule has 2 aromatic heterocycles. The van der Waals surface area contributed by atoms with E-state index < -0.39 is 0 Å². The summed E-state index contributed by atoms with van der Waals surface area (Å²) < 4.78 is 11.3. The molecular formula is C23H28N4O3. The topological polar surface area (TPSA) is 75.6 Å². The van der Waals surface area contributed by atoms with Crippen LogP contribution in [-0.4, -0.2) is 52.0 Å². The Balaban J connectivity index is 1.37. The molecule has 4 rings (SSSR count). The smallest absolute Gasteiger partial charge is 0.276 e. The van der Waals surface area contributed by atoms with Gasteiger partial charge in [-0.05, 0) is 6.42 Å². The molecule has 30 heavy (non-hydrogen) atoms. The van der Waals surface area contributed by atoms with Crippen molar-refractivity contribution < 1.29 is 13.7 Å². The summed E-state index contributed by atoms with van der Waals surface area (Å²) >= 11 is 0. The first-order valence-electron chi connectivity index (χ1n) is 10.4. The summed E-state index contributed by atoms with van der Waals surface area (Å²) in [5.41, 5.74) is 1.21. The Morgan fingerprint density at radius 2 is 1.90 bits per heavy atom. The van der Waals surface area contributed by atoms with Crippen LogP contribution < -0.4 is 0 Å². The van der Waals surface area contributed by atoms with Crippen molar-refractivity contribution in [3.63, 3.8) is 0 Å². The van der Waals surface area contributed by atoms with Gasteiger partial charge in [-0.1, -0.05) is 56.3 Å². The number of hydrogen-bond acceptors (Lipinski definition) is 6. The van der Waals surface area contributed by atoms with Gasteiger partial charge in [0.15, 0.2) is 11.5 Å². The monoisotopic (exact) mass is 408 g/mol. The molecule has 3 heterocycles. The van der Waals surface area contributed by atoms with Gasteiger partial charge in [0.05, 0.1) is 12.7 Å². The van der Waals surface area contributed by atoms with Crippen molar-refractivity contribution >= 4 is 5.91 Å². The van der Waals surface area contributed by atoms with Crippen molar-refractivity contribution in [2.45, 2.75) is 39.2 Å². The van der Waals surface area contributed by atoms with Crippen molar-refractivity contribution in [1.29, 1.82) is 0 Å². The van der Waals surface area contributed by atoms with Crippen LogP contribution in [0.15, 0.2) is 51.5 Å². The average molecular weight is 409 g/mol. The normalized spacial score (nSPS) is 15.9. The maximum Gasteiger partial charge on any atom is 0.276 e. The van der Waals surface area contributed by atoms with Crippen molar-refractivity contribution in [3.8, 4) is 11.3 Å². The molecule has 7 heteroatoms. The number of amides is 1. The average Bonchev–Trinajstić information content (AvgIpc) is 3.35. The number of rotatable bonds is 4. The number of nitrogens with zero attached hydrogens (tertiary/aromatic N) is 4. The quantitative estimate of drug-likeness (QED) is 0.650. The highest BCUT2D eigenvalue weighted by atomic mass is 16.5. The SMILES string of the molecule is CC(C)(C)c1cnc(CN2CCCN(C(=O)c3cc(-c4ccccc4)on3)CC2)o1. The fourth-order valence-electron chi connectivity index (χ4n) is 3.53. The molecule has 0 saturated carbocycles. The molecule has 0 spiro atoms. The van der Waals surface area contributed by atoms with Gasteiger partial charge in [0, 0.05) is 43.2 Å². The first-order chi connectivity index (χ1) is 14.4. The van der Waals surface area contributed by atoms with Crippen LogP contribution in [0.2, 0.25) is 0 Å².